The zero-order chi connectivity index (χ0) is 8.41. The van der Waals surface area contributed by atoms with Crippen molar-refractivity contribution in [2.45, 2.75) is 0 Å². The van der Waals surface area contributed by atoms with E-state index in [1.807, 2.05) is 0 Å². The van der Waals surface area contributed by atoms with Crippen molar-refractivity contribution in [1.82, 2.24) is 0 Å². The summed E-state index contributed by atoms with van der Waals surface area (Å²) < 4.78 is 2.13. The van der Waals surface area contributed by atoms with Gasteiger partial charge in [0, 0.05) is 28.2 Å². The van der Waals surface area contributed by atoms with E-state index in [-0.39, 0.29) is 0 Å². The lowest BCUT2D eigenvalue weighted by molar-refractivity contribution is -0.834. The summed E-state index contributed by atoms with van der Waals surface area (Å²) in [5, 5.41) is 0. The first-order valence-electron chi connectivity index (χ1n) is 3.82. The van der Waals surface area contributed by atoms with E-state index in [4.69, 9.17) is 0 Å². The molecule has 0 aliphatic rings. The van der Waals surface area contributed by atoms with Crippen molar-refractivity contribution in [1.29, 1.82) is 0 Å². The van der Waals surface area contributed by atoms with Crippen molar-refractivity contribution < 1.29 is 8.79 Å². The highest BCUT2D eigenvalue weighted by molar-refractivity contribution is 5.97. The van der Waals surface area contributed by atoms with Gasteiger partial charge in [0.2, 0.25) is 0 Å². The standard InChI is InChI=1S/C6H20B2N2/c1-9(2,7)5-6-10(3,4)8/h5-8H2,1-4H3/q+2. The van der Waals surface area contributed by atoms with Gasteiger partial charge in [0.15, 0.2) is 0 Å². The van der Waals surface area contributed by atoms with E-state index >= 15 is 0 Å². The highest BCUT2D eigenvalue weighted by Gasteiger charge is 2.13. The summed E-state index contributed by atoms with van der Waals surface area (Å²) in [6, 6.07) is 0. The smallest absolute Gasteiger partial charge is 0.372 e. The van der Waals surface area contributed by atoms with Crippen molar-refractivity contribution in [2.24, 2.45) is 0 Å². The summed E-state index contributed by atoms with van der Waals surface area (Å²) in [6.07, 6.45) is 0. The normalized spacial score (nSPS) is 13.6. The third kappa shape index (κ3) is 8.05. The summed E-state index contributed by atoms with van der Waals surface area (Å²) in [7, 11) is 13.4. The average molecular weight is 142 g/mol. The fourth-order valence-corrected chi connectivity index (χ4v) is 0.600. The molecule has 0 aliphatic carbocycles. The second-order valence-electron chi connectivity index (χ2n) is 5.03. The van der Waals surface area contributed by atoms with Crippen LogP contribution in [0.25, 0.3) is 0 Å². The number of rotatable bonds is 3. The molecular formula is C6H20B2N2+2. The van der Waals surface area contributed by atoms with E-state index in [0.29, 0.717) is 0 Å². The number of hydrogen-bond donors (Lipinski definition) is 0. The summed E-state index contributed by atoms with van der Waals surface area (Å²) in [4.78, 5) is 0. The van der Waals surface area contributed by atoms with E-state index in [2.05, 4.69) is 44.2 Å². The monoisotopic (exact) mass is 142 g/mol. The van der Waals surface area contributed by atoms with Crippen LogP contribution in [0.3, 0.4) is 0 Å². The molecule has 0 aromatic carbocycles. The van der Waals surface area contributed by atoms with Gasteiger partial charge in [-0.2, -0.15) is 0 Å². The third-order valence-corrected chi connectivity index (χ3v) is 1.44. The van der Waals surface area contributed by atoms with Crippen LogP contribution in [0, 0.1) is 0 Å². The Morgan fingerprint density at radius 1 is 0.800 bits per heavy atom. The molecule has 0 unspecified atom stereocenters. The molecule has 0 radical (unpaired) electrons. The minimum absolute atomic E-state index is 1.06. The summed E-state index contributed by atoms with van der Waals surface area (Å²) in [5.41, 5.74) is 0. The van der Waals surface area contributed by atoms with Gasteiger partial charge in [-0.15, -0.1) is 0 Å². The van der Waals surface area contributed by atoms with Gasteiger partial charge >= 0.3 is 16.0 Å². The molecule has 0 spiro atoms. The van der Waals surface area contributed by atoms with Crippen LogP contribution in [0.15, 0.2) is 0 Å². The summed E-state index contributed by atoms with van der Waals surface area (Å²) in [6.45, 7) is 2.48. The predicted molar refractivity (Wildman–Crippen MR) is 51.0 cm³/mol. The van der Waals surface area contributed by atoms with E-state index in [9.17, 15) is 0 Å². The second-order valence-corrected chi connectivity index (χ2v) is 5.03. The topological polar surface area (TPSA) is 0 Å². The molecule has 2 nitrogen and oxygen atoms in total. The Hall–Kier alpha value is 0.0499. The Balaban J connectivity index is 3.56. The molecule has 0 N–H and O–H groups in total. The highest BCUT2D eigenvalue weighted by atomic mass is 15.3. The lowest BCUT2D eigenvalue weighted by atomic mass is 10.2. The van der Waals surface area contributed by atoms with Crippen LogP contribution in [-0.4, -0.2) is 66.0 Å². The van der Waals surface area contributed by atoms with Gasteiger partial charge in [-0.05, 0) is 0 Å². The maximum Gasteiger partial charge on any atom is 0.372 e. The minimum Gasteiger partial charge on any atom is -0.400 e. The zero-order valence-corrected chi connectivity index (χ0v) is 8.31. The first-order valence-corrected chi connectivity index (χ1v) is 3.82. The fraction of sp³-hybridized carbons (Fsp3) is 1.00. The zero-order valence-electron chi connectivity index (χ0n) is 8.31. The Bertz CT molecular complexity index is 87.3. The number of nitrogens with zero attached hydrogens (tertiary/aromatic N) is 2. The maximum absolute atomic E-state index is 2.23. The van der Waals surface area contributed by atoms with Gasteiger partial charge in [0.25, 0.3) is 0 Å². The van der Waals surface area contributed by atoms with Gasteiger partial charge in [-0.3, -0.25) is 0 Å². The van der Waals surface area contributed by atoms with Gasteiger partial charge in [0.05, 0.1) is 0 Å². The van der Waals surface area contributed by atoms with Crippen LogP contribution >= 0.6 is 0 Å². The fourth-order valence-electron chi connectivity index (χ4n) is 0.600. The molecule has 0 rings (SSSR count). The molecule has 0 aromatic heterocycles. The molecule has 0 atom stereocenters. The molecule has 0 heterocycles. The molecule has 0 fully saturated rings. The molecule has 0 bridgehead atoms. The Morgan fingerprint density at radius 2 is 1.00 bits per heavy atom. The van der Waals surface area contributed by atoms with Crippen LogP contribution in [0.2, 0.25) is 0 Å². The van der Waals surface area contributed by atoms with Crippen LogP contribution in [0.5, 0.6) is 0 Å². The van der Waals surface area contributed by atoms with Crippen molar-refractivity contribution in [3.8, 4) is 0 Å². The van der Waals surface area contributed by atoms with Crippen LogP contribution in [0.4, 0.5) is 0 Å². The van der Waals surface area contributed by atoms with Gasteiger partial charge in [-0.25, -0.2) is 0 Å². The van der Waals surface area contributed by atoms with Crippen molar-refractivity contribution in [2.75, 3.05) is 41.3 Å². The highest BCUT2D eigenvalue weighted by Crippen LogP contribution is 1.93. The molecule has 58 valence electrons. The van der Waals surface area contributed by atoms with Crippen LogP contribution in [-0.2, 0) is 0 Å². The van der Waals surface area contributed by atoms with Crippen molar-refractivity contribution in [3.63, 3.8) is 0 Å². The maximum atomic E-state index is 2.23. The molecule has 0 aromatic rings. The Labute approximate surface area is 66.9 Å². The molecule has 4 heteroatoms. The lowest BCUT2D eigenvalue weighted by Gasteiger charge is -2.32. The van der Waals surface area contributed by atoms with E-state index < -0.39 is 0 Å². The molecule has 0 aliphatic heterocycles. The van der Waals surface area contributed by atoms with Crippen molar-refractivity contribution >= 4 is 16.0 Å². The van der Waals surface area contributed by atoms with Crippen molar-refractivity contribution in [3.05, 3.63) is 0 Å². The summed E-state index contributed by atoms with van der Waals surface area (Å²) >= 11 is 0. The predicted octanol–water partition coefficient (Wildman–Crippen LogP) is -1.76. The molecule has 0 amide bonds. The molecular weight excluding hydrogens is 122 g/mol. The van der Waals surface area contributed by atoms with Gasteiger partial charge in [-0.1, -0.05) is 0 Å². The largest absolute Gasteiger partial charge is 0.400 e. The quantitative estimate of drug-likeness (QED) is 0.409. The number of hydrogen-bond acceptors (Lipinski definition) is 0. The van der Waals surface area contributed by atoms with Crippen LogP contribution < -0.4 is 0 Å². The summed E-state index contributed by atoms with van der Waals surface area (Å²) in [5.74, 6) is 0. The average Bonchev–Trinajstić information content (AvgIpc) is 1.57. The second kappa shape index (κ2) is 2.97. The molecule has 0 saturated heterocycles. The Kier molecular flexibility index (Phi) is 2.99. The molecule has 0 saturated carbocycles. The number of quaternary nitrogens is 2. The van der Waals surface area contributed by atoms with Gasteiger partial charge in [0.1, 0.15) is 13.1 Å². The third-order valence-electron chi connectivity index (χ3n) is 1.44. The first kappa shape index (κ1) is 10.0. The lowest BCUT2D eigenvalue weighted by Crippen LogP contribution is -2.48. The first-order chi connectivity index (χ1) is 4.21. The van der Waals surface area contributed by atoms with E-state index in [0.717, 1.165) is 8.79 Å². The Morgan fingerprint density at radius 3 is 1.10 bits per heavy atom. The minimum atomic E-state index is 1.06. The van der Waals surface area contributed by atoms with E-state index in [1.54, 1.807) is 0 Å². The molecule has 10 heavy (non-hydrogen) atoms. The van der Waals surface area contributed by atoms with E-state index in [1.165, 1.54) is 13.1 Å². The number of likely N-dealkylation sites (N-methyl/N-ethyl adjacent to an activating group) is 2. The van der Waals surface area contributed by atoms with Gasteiger partial charge < -0.3 is 8.79 Å². The SMILES string of the molecule is B[N+](C)(C)CC[N+](B)(C)C. The van der Waals surface area contributed by atoms with Crippen LogP contribution in [0.1, 0.15) is 0 Å².